The SMILES string of the molecule is CCC(=O)Nc1nc(C#Cc2ccc3ccccc3c2)c(-c2cnc3ccccc3c2)cc1NC. The maximum atomic E-state index is 12.1. The number of para-hydroxylation sites is 1. The Morgan fingerprint density at radius 1 is 0.886 bits per heavy atom. The number of rotatable bonds is 4. The third kappa shape index (κ3) is 4.68. The van der Waals surface area contributed by atoms with Crippen LogP contribution in [0.2, 0.25) is 0 Å². The Hall–Kier alpha value is -4.69. The number of fused-ring (bicyclic) bond motifs is 2. The van der Waals surface area contributed by atoms with E-state index in [1.165, 1.54) is 5.39 Å². The number of carbonyl (C=O) groups excluding carboxylic acids is 1. The van der Waals surface area contributed by atoms with Gasteiger partial charge in [-0.1, -0.05) is 61.4 Å². The minimum Gasteiger partial charge on any atom is -0.385 e. The predicted octanol–water partition coefficient (Wildman–Crippen LogP) is 6.24. The van der Waals surface area contributed by atoms with Gasteiger partial charge in [-0.05, 0) is 47.0 Å². The van der Waals surface area contributed by atoms with Crippen molar-refractivity contribution in [2.24, 2.45) is 0 Å². The fourth-order valence-electron chi connectivity index (χ4n) is 3.95. The summed E-state index contributed by atoms with van der Waals surface area (Å²) < 4.78 is 0. The predicted molar refractivity (Wildman–Crippen MR) is 143 cm³/mol. The van der Waals surface area contributed by atoms with Crippen LogP contribution < -0.4 is 10.6 Å². The monoisotopic (exact) mass is 456 g/mol. The number of carbonyl (C=O) groups is 1. The highest BCUT2D eigenvalue weighted by Crippen LogP contribution is 2.31. The lowest BCUT2D eigenvalue weighted by Gasteiger charge is -2.14. The van der Waals surface area contributed by atoms with Gasteiger partial charge >= 0.3 is 0 Å². The zero-order valence-electron chi connectivity index (χ0n) is 19.6. The first kappa shape index (κ1) is 22.1. The fraction of sp³-hybridized carbons (Fsp3) is 0.100. The third-order valence-corrected chi connectivity index (χ3v) is 5.85. The maximum Gasteiger partial charge on any atom is 0.225 e. The average molecular weight is 457 g/mol. The minimum atomic E-state index is -0.109. The number of aromatic nitrogens is 2. The van der Waals surface area contributed by atoms with E-state index in [0.29, 0.717) is 23.6 Å². The third-order valence-electron chi connectivity index (χ3n) is 5.85. The van der Waals surface area contributed by atoms with Crippen molar-refractivity contribution in [3.8, 4) is 23.0 Å². The molecule has 5 heteroatoms. The number of nitrogens with one attached hydrogen (secondary N) is 2. The molecule has 2 heterocycles. The van der Waals surface area contributed by atoms with Gasteiger partial charge in [0.05, 0.1) is 11.2 Å². The highest BCUT2D eigenvalue weighted by Gasteiger charge is 2.14. The second-order valence-corrected chi connectivity index (χ2v) is 8.16. The quantitative estimate of drug-likeness (QED) is 0.314. The van der Waals surface area contributed by atoms with Crippen molar-refractivity contribution >= 4 is 39.1 Å². The summed E-state index contributed by atoms with van der Waals surface area (Å²) in [5.74, 6) is 6.87. The molecule has 0 radical (unpaired) electrons. The number of nitrogens with zero attached hydrogens (tertiary/aromatic N) is 2. The molecule has 2 N–H and O–H groups in total. The lowest BCUT2D eigenvalue weighted by molar-refractivity contribution is -0.115. The molecule has 0 aliphatic carbocycles. The summed E-state index contributed by atoms with van der Waals surface area (Å²) in [5, 5.41) is 9.37. The Kier molecular flexibility index (Phi) is 6.11. The van der Waals surface area contributed by atoms with Gasteiger partial charge < -0.3 is 10.6 Å². The molecular weight excluding hydrogens is 432 g/mol. The Labute approximate surface area is 204 Å². The number of pyridine rings is 2. The number of hydrogen-bond donors (Lipinski definition) is 2. The fourth-order valence-corrected chi connectivity index (χ4v) is 3.95. The zero-order chi connectivity index (χ0) is 24.2. The van der Waals surface area contributed by atoms with E-state index in [1.54, 1.807) is 0 Å². The normalized spacial score (nSPS) is 10.6. The van der Waals surface area contributed by atoms with Crippen LogP contribution in [-0.4, -0.2) is 22.9 Å². The van der Waals surface area contributed by atoms with Crippen molar-refractivity contribution in [2.45, 2.75) is 13.3 Å². The van der Waals surface area contributed by atoms with Gasteiger partial charge in [-0.15, -0.1) is 0 Å². The van der Waals surface area contributed by atoms with E-state index in [1.807, 2.05) is 68.7 Å². The van der Waals surface area contributed by atoms with Crippen molar-refractivity contribution in [2.75, 3.05) is 17.7 Å². The Morgan fingerprint density at radius 2 is 1.66 bits per heavy atom. The van der Waals surface area contributed by atoms with E-state index in [-0.39, 0.29) is 5.91 Å². The summed E-state index contributed by atoms with van der Waals surface area (Å²) in [6, 6.07) is 26.4. The smallest absolute Gasteiger partial charge is 0.225 e. The molecule has 0 saturated carbocycles. The number of benzene rings is 3. The van der Waals surface area contributed by atoms with Crippen LogP contribution in [0.4, 0.5) is 11.5 Å². The van der Waals surface area contributed by atoms with Crippen molar-refractivity contribution in [3.05, 3.63) is 96.3 Å². The molecule has 35 heavy (non-hydrogen) atoms. The Morgan fingerprint density at radius 3 is 2.46 bits per heavy atom. The standard InChI is InChI=1S/C30H24N4O/c1-3-29(35)34-30-28(31-2)18-25(24-17-23-10-6-7-11-26(23)32-19-24)27(33-30)15-13-20-12-14-21-8-4-5-9-22(21)16-20/h4-12,14,16-19,31H,3H2,1-2H3,(H,33,34,35). The number of amides is 1. The minimum absolute atomic E-state index is 0.109. The van der Waals surface area contributed by atoms with Gasteiger partial charge in [0, 0.05) is 41.7 Å². The molecule has 5 rings (SSSR count). The zero-order valence-corrected chi connectivity index (χ0v) is 19.6. The summed E-state index contributed by atoms with van der Waals surface area (Å²) in [4.78, 5) is 21.5. The highest BCUT2D eigenvalue weighted by molar-refractivity contribution is 5.94. The Bertz CT molecular complexity index is 1630. The van der Waals surface area contributed by atoms with Crippen LogP contribution in [0.25, 0.3) is 32.8 Å². The molecule has 3 aromatic carbocycles. The van der Waals surface area contributed by atoms with E-state index >= 15 is 0 Å². The second kappa shape index (κ2) is 9.66. The van der Waals surface area contributed by atoms with Gasteiger partial charge in [-0.25, -0.2) is 4.98 Å². The molecule has 5 aromatic rings. The van der Waals surface area contributed by atoms with Gasteiger partial charge in [-0.3, -0.25) is 9.78 Å². The van der Waals surface area contributed by atoms with Crippen LogP contribution in [0.5, 0.6) is 0 Å². The Balaban J connectivity index is 1.66. The average Bonchev–Trinajstić information content (AvgIpc) is 2.91. The van der Waals surface area contributed by atoms with Gasteiger partial charge in [0.2, 0.25) is 5.91 Å². The summed E-state index contributed by atoms with van der Waals surface area (Å²) in [7, 11) is 1.81. The van der Waals surface area contributed by atoms with Gasteiger partial charge in [0.15, 0.2) is 5.82 Å². The first-order chi connectivity index (χ1) is 17.1. The molecule has 0 unspecified atom stereocenters. The molecular formula is C30H24N4O. The summed E-state index contributed by atoms with van der Waals surface area (Å²) in [5.41, 5.74) is 4.85. The molecule has 2 aromatic heterocycles. The van der Waals surface area contributed by atoms with Crippen LogP contribution in [0.3, 0.4) is 0 Å². The van der Waals surface area contributed by atoms with Gasteiger partial charge in [-0.2, -0.15) is 0 Å². The summed E-state index contributed by atoms with van der Waals surface area (Å²) in [6.45, 7) is 1.81. The molecule has 0 aliphatic heterocycles. The molecule has 170 valence electrons. The van der Waals surface area contributed by atoms with E-state index < -0.39 is 0 Å². The first-order valence-electron chi connectivity index (χ1n) is 11.5. The maximum absolute atomic E-state index is 12.1. The van der Waals surface area contributed by atoms with Crippen LogP contribution in [0.1, 0.15) is 24.6 Å². The van der Waals surface area contributed by atoms with Crippen molar-refractivity contribution < 1.29 is 4.79 Å². The summed E-state index contributed by atoms with van der Waals surface area (Å²) in [6.07, 6.45) is 2.20. The lowest BCUT2D eigenvalue weighted by Crippen LogP contribution is -2.13. The molecule has 0 fully saturated rings. The molecule has 0 aliphatic rings. The van der Waals surface area contributed by atoms with E-state index in [2.05, 4.69) is 57.8 Å². The van der Waals surface area contributed by atoms with Gasteiger partial charge in [0.1, 0.15) is 5.69 Å². The lowest BCUT2D eigenvalue weighted by atomic mass is 10.0. The van der Waals surface area contributed by atoms with Crippen molar-refractivity contribution in [1.82, 2.24) is 9.97 Å². The topological polar surface area (TPSA) is 66.9 Å². The number of anilines is 2. The second-order valence-electron chi connectivity index (χ2n) is 8.16. The largest absolute Gasteiger partial charge is 0.385 e. The van der Waals surface area contributed by atoms with Crippen molar-refractivity contribution in [3.63, 3.8) is 0 Å². The molecule has 5 nitrogen and oxygen atoms in total. The van der Waals surface area contributed by atoms with Gasteiger partial charge in [0.25, 0.3) is 0 Å². The van der Waals surface area contributed by atoms with Crippen LogP contribution >= 0.6 is 0 Å². The molecule has 0 spiro atoms. The van der Waals surface area contributed by atoms with Crippen molar-refractivity contribution in [1.29, 1.82) is 0 Å². The van der Waals surface area contributed by atoms with E-state index in [9.17, 15) is 4.79 Å². The number of hydrogen-bond acceptors (Lipinski definition) is 4. The van der Waals surface area contributed by atoms with E-state index in [4.69, 9.17) is 4.98 Å². The summed E-state index contributed by atoms with van der Waals surface area (Å²) >= 11 is 0. The van der Waals surface area contributed by atoms with Crippen LogP contribution in [0.15, 0.2) is 85.1 Å². The van der Waals surface area contributed by atoms with Crippen LogP contribution in [0, 0.1) is 11.8 Å². The molecule has 0 atom stereocenters. The van der Waals surface area contributed by atoms with Crippen LogP contribution in [-0.2, 0) is 4.79 Å². The van der Waals surface area contributed by atoms with E-state index in [0.717, 1.165) is 33.0 Å². The molecule has 0 saturated heterocycles. The highest BCUT2D eigenvalue weighted by atomic mass is 16.1. The first-order valence-corrected chi connectivity index (χ1v) is 11.5. The molecule has 0 bridgehead atoms. The molecule has 1 amide bonds.